The molecule has 34 heavy (non-hydrogen) atoms. The number of thiocarbonyl (C=S) groups is 1. The third-order valence-corrected chi connectivity index (χ3v) is 5.22. The average Bonchev–Trinajstić information content (AvgIpc) is 2.86. The molecule has 7 nitrogen and oxygen atoms in total. The third-order valence-electron chi connectivity index (χ3n) is 4.52. The minimum absolute atomic E-state index is 0.0630. The molecule has 0 spiro atoms. The lowest BCUT2D eigenvalue weighted by atomic mass is 10.1. The van der Waals surface area contributed by atoms with Gasteiger partial charge in [-0.05, 0) is 60.1 Å². The second kappa shape index (κ2) is 12.7. The van der Waals surface area contributed by atoms with Crippen molar-refractivity contribution >= 4 is 45.1 Å². The summed E-state index contributed by atoms with van der Waals surface area (Å²) in [4.78, 5) is 24.7. The smallest absolute Gasteiger partial charge is 0.276 e. The monoisotopic (exact) mass is 541 g/mol. The van der Waals surface area contributed by atoms with Gasteiger partial charge in [0.2, 0.25) is 0 Å². The quantitative estimate of drug-likeness (QED) is 0.285. The largest absolute Gasteiger partial charge is 0.493 e. The Morgan fingerprint density at radius 3 is 2.32 bits per heavy atom. The topological polar surface area (TPSA) is 88.7 Å². The zero-order chi connectivity index (χ0) is 24.3. The van der Waals surface area contributed by atoms with Crippen LogP contribution in [0.25, 0.3) is 11.1 Å². The Morgan fingerprint density at radius 2 is 1.62 bits per heavy atom. The summed E-state index contributed by atoms with van der Waals surface area (Å²) < 4.78 is 11.8. The number of rotatable bonds is 8. The van der Waals surface area contributed by atoms with Crippen molar-refractivity contribution in [3.63, 3.8) is 0 Å². The SMILES string of the molecule is CCCOc1ccc(Br)cc1C(=O)NC(=S)NNC(=O)COc1ccc(-c2ccccc2)cc1. The van der Waals surface area contributed by atoms with Crippen LogP contribution in [0.4, 0.5) is 0 Å². The first-order chi connectivity index (χ1) is 16.5. The van der Waals surface area contributed by atoms with E-state index in [2.05, 4.69) is 32.1 Å². The molecule has 0 saturated heterocycles. The van der Waals surface area contributed by atoms with Crippen LogP contribution < -0.4 is 25.6 Å². The van der Waals surface area contributed by atoms with E-state index in [0.29, 0.717) is 23.7 Å². The van der Waals surface area contributed by atoms with Gasteiger partial charge in [0.25, 0.3) is 11.8 Å². The van der Waals surface area contributed by atoms with Crippen LogP contribution in [0, 0.1) is 0 Å². The molecular weight excluding hydrogens is 518 g/mol. The molecule has 0 aliphatic rings. The van der Waals surface area contributed by atoms with Crippen molar-refractivity contribution in [2.24, 2.45) is 0 Å². The van der Waals surface area contributed by atoms with E-state index in [0.717, 1.165) is 22.0 Å². The first kappa shape index (κ1) is 25.2. The van der Waals surface area contributed by atoms with E-state index in [9.17, 15) is 9.59 Å². The van der Waals surface area contributed by atoms with Crippen LogP contribution in [0.1, 0.15) is 23.7 Å². The summed E-state index contributed by atoms with van der Waals surface area (Å²) in [5, 5.41) is 2.45. The molecule has 0 heterocycles. The standard InChI is InChI=1S/C25H24BrN3O4S/c1-2-14-32-22-13-10-19(26)15-21(22)24(31)27-25(34)29-28-23(30)16-33-20-11-8-18(9-12-20)17-6-4-3-5-7-17/h3-13,15H,2,14,16H2,1H3,(H,28,30)(H2,27,29,31,34). The first-order valence-corrected chi connectivity index (χ1v) is 11.8. The summed E-state index contributed by atoms with van der Waals surface area (Å²) in [6, 6.07) is 22.5. The van der Waals surface area contributed by atoms with Crippen LogP contribution in [0.15, 0.2) is 77.3 Å². The second-order valence-corrected chi connectivity index (χ2v) is 8.45. The fourth-order valence-corrected chi connectivity index (χ4v) is 3.41. The summed E-state index contributed by atoms with van der Waals surface area (Å²) >= 11 is 8.45. The lowest BCUT2D eigenvalue weighted by molar-refractivity contribution is -0.123. The summed E-state index contributed by atoms with van der Waals surface area (Å²) in [5.74, 6) is 0.0770. The number of benzene rings is 3. The highest BCUT2D eigenvalue weighted by Gasteiger charge is 2.15. The van der Waals surface area contributed by atoms with Crippen LogP contribution in [0.2, 0.25) is 0 Å². The van der Waals surface area contributed by atoms with Crippen molar-refractivity contribution in [1.82, 2.24) is 16.2 Å². The summed E-state index contributed by atoms with van der Waals surface area (Å²) in [6.07, 6.45) is 0.808. The van der Waals surface area contributed by atoms with E-state index >= 15 is 0 Å². The van der Waals surface area contributed by atoms with Crippen LogP contribution in [0.3, 0.4) is 0 Å². The first-order valence-electron chi connectivity index (χ1n) is 10.6. The van der Waals surface area contributed by atoms with Gasteiger partial charge in [0.1, 0.15) is 11.5 Å². The van der Waals surface area contributed by atoms with Crippen molar-refractivity contribution in [3.8, 4) is 22.6 Å². The molecule has 3 aromatic rings. The van der Waals surface area contributed by atoms with Gasteiger partial charge in [-0.15, -0.1) is 0 Å². The number of hydrazine groups is 1. The van der Waals surface area contributed by atoms with E-state index in [1.54, 1.807) is 30.3 Å². The second-order valence-electron chi connectivity index (χ2n) is 7.12. The Balaban J connectivity index is 1.45. The summed E-state index contributed by atoms with van der Waals surface area (Å²) in [6.45, 7) is 2.23. The highest BCUT2D eigenvalue weighted by molar-refractivity contribution is 9.10. The molecule has 9 heteroatoms. The maximum Gasteiger partial charge on any atom is 0.276 e. The zero-order valence-corrected chi connectivity index (χ0v) is 20.9. The maximum atomic E-state index is 12.6. The minimum Gasteiger partial charge on any atom is -0.493 e. The van der Waals surface area contributed by atoms with Gasteiger partial charge in [-0.25, -0.2) is 0 Å². The van der Waals surface area contributed by atoms with Crippen molar-refractivity contribution in [1.29, 1.82) is 0 Å². The maximum absolute atomic E-state index is 12.6. The molecule has 176 valence electrons. The predicted octanol–water partition coefficient (Wildman–Crippen LogP) is 4.62. The van der Waals surface area contributed by atoms with Gasteiger partial charge in [-0.2, -0.15) is 0 Å². The van der Waals surface area contributed by atoms with Crippen molar-refractivity contribution < 1.29 is 19.1 Å². The van der Waals surface area contributed by atoms with Crippen LogP contribution >= 0.6 is 28.1 Å². The highest BCUT2D eigenvalue weighted by atomic mass is 79.9. The van der Waals surface area contributed by atoms with E-state index < -0.39 is 11.8 Å². The molecular formula is C25H24BrN3O4S. The highest BCUT2D eigenvalue weighted by Crippen LogP contribution is 2.24. The van der Waals surface area contributed by atoms with Gasteiger partial charge >= 0.3 is 0 Å². The molecule has 3 N–H and O–H groups in total. The Morgan fingerprint density at radius 1 is 0.912 bits per heavy atom. The number of amides is 2. The Bertz CT molecular complexity index is 1140. The molecule has 0 fully saturated rings. The van der Waals surface area contributed by atoms with E-state index in [1.807, 2.05) is 49.4 Å². The van der Waals surface area contributed by atoms with E-state index in [4.69, 9.17) is 21.7 Å². The number of ether oxygens (including phenoxy) is 2. The van der Waals surface area contributed by atoms with E-state index in [1.165, 1.54) is 0 Å². The normalized spacial score (nSPS) is 10.2. The molecule has 3 rings (SSSR count). The predicted molar refractivity (Wildman–Crippen MR) is 139 cm³/mol. The lowest BCUT2D eigenvalue weighted by Gasteiger charge is -2.14. The van der Waals surface area contributed by atoms with Gasteiger partial charge in [-0.1, -0.05) is 65.3 Å². The Kier molecular flexibility index (Phi) is 9.42. The van der Waals surface area contributed by atoms with Crippen molar-refractivity contribution in [3.05, 3.63) is 82.8 Å². The third kappa shape index (κ3) is 7.57. The fourth-order valence-electron chi connectivity index (χ4n) is 2.90. The minimum atomic E-state index is -0.464. The number of carbonyl (C=O) groups excluding carboxylic acids is 2. The summed E-state index contributed by atoms with van der Waals surface area (Å²) in [5.41, 5.74) is 7.36. The van der Waals surface area contributed by atoms with Crippen LogP contribution in [-0.2, 0) is 4.79 Å². The van der Waals surface area contributed by atoms with Gasteiger partial charge in [0.15, 0.2) is 11.7 Å². The molecule has 0 atom stereocenters. The van der Waals surface area contributed by atoms with Gasteiger partial charge in [-0.3, -0.25) is 25.8 Å². The van der Waals surface area contributed by atoms with Gasteiger partial charge in [0.05, 0.1) is 12.2 Å². The molecule has 0 aromatic heterocycles. The number of hydrogen-bond acceptors (Lipinski definition) is 5. The zero-order valence-electron chi connectivity index (χ0n) is 18.5. The number of nitrogens with one attached hydrogen (secondary N) is 3. The average molecular weight is 542 g/mol. The van der Waals surface area contributed by atoms with Gasteiger partial charge < -0.3 is 9.47 Å². The molecule has 3 aromatic carbocycles. The number of hydrogen-bond donors (Lipinski definition) is 3. The summed E-state index contributed by atoms with van der Waals surface area (Å²) in [7, 11) is 0. The molecule has 0 unspecified atom stereocenters. The van der Waals surface area contributed by atoms with Crippen molar-refractivity contribution in [2.75, 3.05) is 13.2 Å². The molecule has 0 aliphatic heterocycles. The Labute approximate surface area is 211 Å². The molecule has 0 aliphatic carbocycles. The number of carbonyl (C=O) groups is 2. The van der Waals surface area contributed by atoms with Crippen LogP contribution in [0.5, 0.6) is 11.5 Å². The molecule has 2 amide bonds. The molecule has 0 bridgehead atoms. The van der Waals surface area contributed by atoms with Crippen LogP contribution in [-0.4, -0.2) is 30.1 Å². The number of halogens is 1. The van der Waals surface area contributed by atoms with Crippen molar-refractivity contribution in [2.45, 2.75) is 13.3 Å². The van der Waals surface area contributed by atoms with E-state index in [-0.39, 0.29) is 11.7 Å². The van der Waals surface area contributed by atoms with Gasteiger partial charge in [0, 0.05) is 4.47 Å². The fraction of sp³-hybridized carbons (Fsp3) is 0.160. The lowest BCUT2D eigenvalue weighted by Crippen LogP contribution is -2.49. The molecule has 0 saturated carbocycles. The molecule has 0 radical (unpaired) electrons. The Hall–Kier alpha value is -3.43.